The first-order valence-corrected chi connectivity index (χ1v) is 9.67. The molecule has 1 N–H and O–H groups in total. The van der Waals surface area contributed by atoms with E-state index in [1.807, 2.05) is 4.90 Å². The molecule has 0 atom stereocenters. The molecule has 25 heavy (non-hydrogen) atoms. The first-order chi connectivity index (χ1) is 11.9. The first-order valence-electron chi connectivity index (χ1n) is 9.26. The summed E-state index contributed by atoms with van der Waals surface area (Å²) in [6.07, 6.45) is 3.07. The third-order valence-corrected chi connectivity index (χ3v) is 5.20. The van der Waals surface area contributed by atoms with Crippen molar-refractivity contribution < 1.29 is 4.79 Å². The molecule has 1 fully saturated rings. The van der Waals surface area contributed by atoms with E-state index in [1.54, 1.807) is 6.92 Å². The second kappa shape index (κ2) is 9.18. The fourth-order valence-corrected chi connectivity index (χ4v) is 3.53. The zero-order valence-corrected chi connectivity index (χ0v) is 16.7. The second-order valence-electron chi connectivity index (χ2n) is 7.41. The summed E-state index contributed by atoms with van der Waals surface area (Å²) in [4.78, 5) is 15.8. The van der Waals surface area contributed by atoms with Crippen LogP contribution in [0.3, 0.4) is 0 Å². The van der Waals surface area contributed by atoms with Crippen LogP contribution in [0.15, 0.2) is 24.3 Å². The van der Waals surface area contributed by atoms with E-state index in [0.29, 0.717) is 12.0 Å². The van der Waals surface area contributed by atoms with Gasteiger partial charge >= 0.3 is 0 Å². The highest BCUT2D eigenvalue weighted by molar-refractivity contribution is 7.80. The maximum atomic E-state index is 11.6. The lowest BCUT2D eigenvalue weighted by Crippen LogP contribution is -2.50. The number of amides is 1. The summed E-state index contributed by atoms with van der Waals surface area (Å²) in [5.74, 6) is 0.814. The molecular formula is C20H31N3OS. The number of hydrogen-bond donors (Lipinski definition) is 1. The van der Waals surface area contributed by atoms with E-state index in [0.717, 1.165) is 49.7 Å². The number of carbonyl (C=O) groups excluding carboxylic acids is 1. The SMILES string of the molecule is CC(=O)N1CCC(N(CCC(C)C)C(=S)Nc2ccc(C)cc2)CC1. The molecule has 5 heteroatoms. The summed E-state index contributed by atoms with van der Waals surface area (Å²) in [7, 11) is 0. The molecule has 1 aliphatic heterocycles. The first kappa shape index (κ1) is 19.7. The van der Waals surface area contributed by atoms with Crippen molar-refractivity contribution in [3.8, 4) is 0 Å². The molecule has 0 unspecified atom stereocenters. The molecule has 0 aliphatic carbocycles. The van der Waals surface area contributed by atoms with Crippen molar-refractivity contribution in [3.05, 3.63) is 29.8 Å². The molecular weight excluding hydrogens is 330 g/mol. The summed E-state index contributed by atoms with van der Waals surface area (Å²) < 4.78 is 0. The third-order valence-electron chi connectivity index (χ3n) is 4.86. The number of aryl methyl sites for hydroxylation is 1. The van der Waals surface area contributed by atoms with Gasteiger partial charge in [-0.25, -0.2) is 0 Å². The Balaban J connectivity index is 2.02. The van der Waals surface area contributed by atoms with E-state index in [1.165, 1.54) is 5.56 Å². The van der Waals surface area contributed by atoms with Crippen LogP contribution in [0.25, 0.3) is 0 Å². The monoisotopic (exact) mass is 361 g/mol. The zero-order valence-electron chi connectivity index (χ0n) is 15.9. The smallest absolute Gasteiger partial charge is 0.219 e. The van der Waals surface area contributed by atoms with Gasteiger partial charge in [0.15, 0.2) is 5.11 Å². The molecule has 4 nitrogen and oxygen atoms in total. The number of likely N-dealkylation sites (tertiary alicyclic amines) is 1. The number of nitrogens with zero attached hydrogens (tertiary/aromatic N) is 2. The minimum atomic E-state index is 0.174. The predicted octanol–water partition coefficient (Wildman–Crippen LogP) is 4.05. The Morgan fingerprint density at radius 1 is 1.28 bits per heavy atom. The fourth-order valence-electron chi connectivity index (χ4n) is 3.17. The van der Waals surface area contributed by atoms with Gasteiger partial charge in [-0.15, -0.1) is 0 Å². The largest absolute Gasteiger partial charge is 0.346 e. The molecule has 1 aromatic rings. The average Bonchev–Trinajstić information content (AvgIpc) is 2.57. The Hall–Kier alpha value is -1.62. The van der Waals surface area contributed by atoms with Crippen LogP contribution >= 0.6 is 12.2 Å². The lowest BCUT2D eigenvalue weighted by atomic mass is 10.0. The average molecular weight is 362 g/mol. The number of thiocarbonyl (C=S) groups is 1. The highest BCUT2D eigenvalue weighted by atomic mass is 32.1. The van der Waals surface area contributed by atoms with Gasteiger partial charge in [0.2, 0.25) is 5.91 Å². The highest BCUT2D eigenvalue weighted by Gasteiger charge is 2.27. The topological polar surface area (TPSA) is 35.6 Å². The van der Waals surface area contributed by atoms with Crippen LogP contribution in [0.2, 0.25) is 0 Å². The molecule has 1 aliphatic rings. The van der Waals surface area contributed by atoms with Crippen molar-refractivity contribution in [1.82, 2.24) is 9.80 Å². The molecule has 0 radical (unpaired) electrons. The molecule has 0 spiro atoms. The van der Waals surface area contributed by atoms with Crippen LogP contribution in [-0.2, 0) is 4.79 Å². The van der Waals surface area contributed by atoms with E-state index in [4.69, 9.17) is 12.2 Å². The molecule has 138 valence electrons. The van der Waals surface area contributed by atoms with Gasteiger partial charge in [-0.3, -0.25) is 4.79 Å². The standard InChI is InChI=1S/C20H31N3OS/c1-15(2)9-14-23(19-10-12-22(13-11-19)17(4)24)20(25)21-18-7-5-16(3)6-8-18/h5-8,15,19H,9-14H2,1-4H3,(H,21,25). The van der Waals surface area contributed by atoms with Gasteiger partial charge < -0.3 is 15.1 Å². The van der Waals surface area contributed by atoms with Crippen molar-refractivity contribution in [2.45, 2.75) is 53.0 Å². The Labute approximate surface area is 157 Å². The fraction of sp³-hybridized carbons (Fsp3) is 0.600. The molecule has 0 aromatic heterocycles. The molecule has 1 saturated heterocycles. The number of nitrogens with one attached hydrogen (secondary N) is 1. The van der Waals surface area contributed by atoms with Crippen molar-refractivity contribution in [2.75, 3.05) is 25.0 Å². The number of carbonyl (C=O) groups is 1. The highest BCUT2D eigenvalue weighted by Crippen LogP contribution is 2.20. The maximum absolute atomic E-state index is 11.6. The van der Waals surface area contributed by atoms with Crippen LogP contribution in [0, 0.1) is 12.8 Å². The molecule has 1 heterocycles. The van der Waals surface area contributed by atoms with Crippen molar-refractivity contribution >= 4 is 28.9 Å². The van der Waals surface area contributed by atoms with E-state index >= 15 is 0 Å². The molecule has 0 bridgehead atoms. The van der Waals surface area contributed by atoms with Crippen molar-refractivity contribution in [2.24, 2.45) is 5.92 Å². The van der Waals surface area contributed by atoms with Gasteiger partial charge in [0.05, 0.1) is 0 Å². The summed E-state index contributed by atoms with van der Waals surface area (Å²) >= 11 is 5.74. The van der Waals surface area contributed by atoms with Crippen LogP contribution in [0.4, 0.5) is 5.69 Å². The lowest BCUT2D eigenvalue weighted by Gasteiger charge is -2.40. The second-order valence-corrected chi connectivity index (χ2v) is 7.80. The van der Waals surface area contributed by atoms with Gasteiger partial charge in [-0.05, 0) is 56.5 Å². The van der Waals surface area contributed by atoms with Crippen molar-refractivity contribution in [1.29, 1.82) is 0 Å². The molecule has 2 rings (SSSR count). The molecule has 1 aromatic carbocycles. The third kappa shape index (κ3) is 5.99. The van der Waals surface area contributed by atoms with E-state index in [2.05, 4.69) is 55.3 Å². The van der Waals surface area contributed by atoms with Crippen LogP contribution in [0.5, 0.6) is 0 Å². The van der Waals surface area contributed by atoms with Crippen LogP contribution in [-0.4, -0.2) is 46.5 Å². The van der Waals surface area contributed by atoms with Gasteiger partial charge in [-0.2, -0.15) is 0 Å². The summed E-state index contributed by atoms with van der Waals surface area (Å²) in [5.41, 5.74) is 2.27. The summed E-state index contributed by atoms with van der Waals surface area (Å²) in [5, 5.41) is 4.20. The molecule has 1 amide bonds. The number of benzene rings is 1. The summed E-state index contributed by atoms with van der Waals surface area (Å²) in [6.45, 7) is 10.8. The Bertz CT molecular complexity index is 577. The van der Waals surface area contributed by atoms with Gasteiger partial charge in [0, 0.05) is 38.3 Å². The van der Waals surface area contributed by atoms with Gasteiger partial charge in [0.25, 0.3) is 0 Å². The quantitative estimate of drug-likeness (QED) is 0.803. The van der Waals surface area contributed by atoms with Crippen LogP contribution < -0.4 is 5.32 Å². The summed E-state index contributed by atoms with van der Waals surface area (Å²) in [6, 6.07) is 8.73. The van der Waals surface area contributed by atoms with Crippen LogP contribution in [0.1, 0.15) is 45.6 Å². The number of hydrogen-bond acceptors (Lipinski definition) is 2. The minimum Gasteiger partial charge on any atom is -0.346 e. The van der Waals surface area contributed by atoms with Gasteiger partial charge in [-0.1, -0.05) is 31.5 Å². The van der Waals surface area contributed by atoms with E-state index in [-0.39, 0.29) is 5.91 Å². The normalized spacial score (nSPS) is 15.3. The number of anilines is 1. The zero-order chi connectivity index (χ0) is 18.4. The number of piperidine rings is 1. The number of rotatable bonds is 5. The van der Waals surface area contributed by atoms with Gasteiger partial charge in [0.1, 0.15) is 0 Å². The van der Waals surface area contributed by atoms with E-state index < -0.39 is 0 Å². The lowest BCUT2D eigenvalue weighted by molar-refractivity contribution is -0.130. The maximum Gasteiger partial charge on any atom is 0.219 e. The Morgan fingerprint density at radius 2 is 1.88 bits per heavy atom. The predicted molar refractivity (Wildman–Crippen MR) is 109 cm³/mol. The van der Waals surface area contributed by atoms with E-state index in [9.17, 15) is 4.79 Å². The van der Waals surface area contributed by atoms with Crippen molar-refractivity contribution in [3.63, 3.8) is 0 Å². The Kier molecular flexibility index (Phi) is 7.24. The minimum absolute atomic E-state index is 0.174. The molecule has 0 saturated carbocycles. The Morgan fingerprint density at radius 3 is 2.40 bits per heavy atom.